The van der Waals surface area contributed by atoms with E-state index < -0.39 is 5.97 Å². The number of hydrogen-bond acceptors (Lipinski definition) is 5. The van der Waals surface area contributed by atoms with E-state index in [0.29, 0.717) is 17.5 Å². The highest BCUT2D eigenvalue weighted by molar-refractivity contribution is 5.88. The monoisotopic (exact) mass is 276 g/mol. The third kappa shape index (κ3) is 3.14. The highest BCUT2D eigenvalue weighted by Gasteiger charge is 2.11. The van der Waals surface area contributed by atoms with Gasteiger partial charge >= 0.3 is 5.97 Å². The average Bonchev–Trinajstić information content (AvgIpc) is 2.86. The van der Waals surface area contributed by atoms with Gasteiger partial charge in [-0.25, -0.2) is 4.79 Å². The fourth-order valence-electron chi connectivity index (χ4n) is 1.65. The summed E-state index contributed by atoms with van der Waals surface area (Å²) in [4.78, 5) is 15.0. The van der Waals surface area contributed by atoms with Crippen molar-refractivity contribution in [1.82, 2.24) is 10.1 Å². The van der Waals surface area contributed by atoms with Crippen molar-refractivity contribution in [2.75, 3.05) is 0 Å². The number of hydrogen-bond donors (Lipinski definition) is 1. The van der Waals surface area contributed by atoms with Crippen molar-refractivity contribution in [2.24, 2.45) is 0 Å². The zero-order valence-electron chi connectivity index (χ0n) is 11.6. The number of rotatable bonds is 5. The Hall–Kier alpha value is -2.37. The number of nitrogens with zero attached hydrogens (tertiary/aromatic N) is 2. The van der Waals surface area contributed by atoms with Crippen LogP contribution in [0.1, 0.15) is 47.4 Å². The molecule has 1 aromatic heterocycles. The summed E-state index contributed by atoms with van der Waals surface area (Å²) in [6, 6.07) is 4.68. The van der Waals surface area contributed by atoms with Gasteiger partial charge in [0.2, 0.25) is 0 Å². The highest BCUT2D eigenvalue weighted by atomic mass is 16.5. The van der Waals surface area contributed by atoms with Gasteiger partial charge in [0.05, 0.1) is 5.56 Å². The Kier molecular flexibility index (Phi) is 4.02. The molecule has 0 aliphatic carbocycles. The van der Waals surface area contributed by atoms with Crippen LogP contribution in [-0.2, 0) is 6.61 Å². The highest BCUT2D eigenvalue weighted by Crippen LogP contribution is 2.20. The van der Waals surface area contributed by atoms with Gasteiger partial charge in [-0.15, -0.1) is 0 Å². The molecule has 0 fully saturated rings. The Morgan fingerprint density at radius 2 is 2.20 bits per heavy atom. The van der Waals surface area contributed by atoms with Crippen LogP contribution in [0.5, 0.6) is 5.75 Å². The van der Waals surface area contributed by atoms with Gasteiger partial charge in [0.25, 0.3) is 5.89 Å². The van der Waals surface area contributed by atoms with Crippen LogP contribution in [0, 0.1) is 6.92 Å². The van der Waals surface area contributed by atoms with Crippen LogP contribution in [0.15, 0.2) is 22.7 Å². The van der Waals surface area contributed by atoms with E-state index in [-0.39, 0.29) is 18.1 Å². The third-order valence-corrected chi connectivity index (χ3v) is 2.77. The molecule has 0 spiro atoms. The summed E-state index contributed by atoms with van der Waals surface area (Å²) >= 11 is 0. The molecule has 2 rings (SSSR count). The largest absolute Gasteiger partial charge is 0.483 e. The van der Waals surface area contributed by atoms with Gasteiger partial charge in [-0.3, -0.25) is 0 Å². The lowest BCUT2D eigenvalue weighted by molar-refractivity contribution is 0.0696. The smallest absolute Gasteiger partial charge is 0.335 e. The molecule has 0 saturated heterocycles. The second-order valence-corrected chi connectivity index (χ2v) is 4.78. The Morgan fingerprint density at radius 3 is 2.75 bits per heavy atom. The van der Waals surface area contributed by atoms with Crippen LogP contribution in [0.4, 0.5) is 0 Å². The van der Waals surface area contributed by atoms with Crippen LogP contribution in [0.2, 0.25) is 0 Å². The molecule has 1 heterocycles. The van der Waals surface area contributed by atoms with Crippen LogP contribution >= 0.6 is 0 Å². The number of ether oxygens (including phenoxy) is 1. The standard InChI is InChI=1S/C14H16N2O4/c1-8(2)13-15-12(20-16-13)7-19-11-5-4-10(14(17)18)6-9(11)3/h4-6,8H,7H2,1-3H3,(H,17,18). The molecule has 2 aromatic rings. The second kappa shape index (κ2) is 5.73. The molecule has 1 N–H and O–H groups in total. The van der Waals surface area contributed by atoms with Gasteiger partial charge in [0.15, 0.2) is 12.4 Å². The topological polar surface area (TPSA) is 85.5 Å². The molecule has 106 valence electrons. The summed E-state index contributed by atoms with van der Waals surface area (Å²) in [5.74, 6) is 0.874. The Balaban J connectivity index is 2.05. The lowest BCUT2D eigenvalue weighted by Crippen LogP contribution is -2.01. The third-order valence-electron chi connectivity index (χ3n) is 2.77. The summed E-state index contributed by atoms with van der Waals surface area (Å²) in [6.07, 6.45) is 0. The molecule has 0 saturated carbocycles. The number of carbonyl (C=O) groups is 1. The number of benzene rings is 1. The van der Waals surface area contributed by atoms with Crippen LogP contribution < -0.4 is 4.74 Å². The zero-order chi connectivity index (χ0) is 14.7. The maximum atomic E-state index is 10.8. The first-order chi connectivity index (χ1) is 9.47. The van der Waals surface area contributed by atoms with Gasteiger partial charge in [0, 0.05) is 5.92 Å². The Morgan fingerprint density at radius 1 is 1.45 bits per heavy atom. The van der Waals surface area contributed by atoms with Gasteiger partial charge in [0.1, 0.15) is 5.75 Å². The molecule has 0 bridgehead atoms. The fourth-order valence-corrected chi connectivity index (χ4v) is 1.65. The second-order valence-electron chi connectivity index (χ2n) is 4.78. The molecule has 6 nitrogen and oxygen atoms in total. The number of carboxylic acid groups (broad SMARTS) is 1. The van der Waals surface area contributed by atoms with E-state index in [1.54, 1.807) is 19.1 Å². The van der Waals surface area contributed by atoms with Crippen molar-refractivity contribution in [3.8, 4) is 5.75 Å². The molecular formula is C14H16N2O4. The molecule has 0 aliphatic heterocycles. The summed E-state index contributed by atoms with van der Waals surface area (Å²) in [7, 11) is 0. The minimum atomic E-state index is -0.960. The zero-order valence-corrected chi connectivity index (χ0v) is 11.6. The fraction of sp³-hybridized carbons (Fsp3) is 0.357. The van der Waals surface area contributed by atoms with Crippen molar-refractivity contribution >= 4 is 5.97 Å². The number of carboxylic acids is 1. The molecule has 0 amide bonds. The van der Waals surface area contributed by atoms with E-state index in [0.717, 1.165) is 5.56 Å². The quantitative estimate of drug-likeness (QED) is 0.903. The molecular weight excluding hydrogens is 260 g/mol. The minimum Gasteiger partial charge on any atom is -0.483 e. The predicted octanol–water partition coefficient (Wildman–Crippen LogP) is 2.78. The van der Waals surface area contributed by atoms with E-state index in [1.165, 1.54) is 6.07 Å². The predicted molar refractivity (Wildman–Crippen MR) is 70.9 cm³/mol. The van der Waals surface area contributed by atoms with E-state index in [2.05, 4.69) is 10.1 Å². The lowest BCUT2D eigenvalue weighted by Gasteiger charge is -2.07. The SMILES string of the molecule is Cc1cc(C(=O)O)ccc1OCc1nc(C(C)C)no1. The van der Waals surface area contributed by atoms with Crippen molar-refractivity contribution in [3.63, 3.8) is 0 Å². The maximum Gasteiger partial charge on any atom is 0.335 e. The molecule has 0 unspecified atom stereocenters. The van der Waals surface area contributed by atoms with Crippen molar-refractivity contribution in [2.45, 2.75) is 33.3 Å². The average molecular weight is 276 g/mol. The lowest BCUT2D eigenvalue weighted by atomic mass is 10.1. The molecule has 1 aromatic carbocycles. The first kappa shape index (κ1) is 14.0. The number of aromatic carboxylic acids is 1. The number of aryl methyl sites for hydroxylation is 1. The van der Waals surface area contributed by atoms with Crippen LogP contribution in [0.3, 0.4) is 0 Å². The van der Waals surface area contributed by atoms with Crippen LogP contribution in [-0.4, -0.2) is 21.2 Å². The number of aromatic nitrogens is 2. The molecule has 20 heavy (non-hydrogen) atoms. The normalized spacial score (nSPS) is 10.8. The summed E-state index contributed by atoms with van der Waals surface area (Å²) < 4.78 is 10.6. The van der Waals surface area contributed by atoms with Crippen LogP contribution in [0.25, 0.3) is 0 Å². The van der Waals surface area contributed by atoms with Crippen molar-refractivity contribution < 1.29 is 19.2 Å². The van der Waals surface area contributed by atoms with Crippen molar-refractivity contribution in [3.05, 3.63) is 41.0 Å². The van der Waals surface area contributed by atoms with E-state index in [4.69, 9.17) is 14.4 Å². The molecule has 0 radical (unpaired) electrons. The van der Waals surface area contributed by atoms with E-state index in [9.17, 15) is 4.79 Å². The first-order valence-corrected chi connectivity index (χ1v) is 6.26. The first-order valence-electron chi connectivity index (χ1n) is 6.26. The Bertz CT molecular complexity index is 619. The Labute approximate surface area is 116 Å². The van der Waals surface area contributed by atoms with Gasteiger partial charge in [-0.1, -0.05) is 19.0 Å². The summed E-state index contributed by atoms with van der Waals surface area (Å²) in [5, 5.41) is 12.7. The molecule has 0 atom stereocenters. The summed E-state index contributed by atoms with van der Waals surface area (Å²) in [5.41, 5.74) is 0.975. The van der Waals surface area contributed by atoms with Gasteiger partial charge < -0.3 is 14.4 Å². The maximum absolute atomic E-state index is 10.8. The molecule has 6 heteroatoms. The van der Waals surface area contributed by atoms with Gasteiger partial charge in [-0.05, 0) is 30.7 Å². The van der Waals surface area contributed by atoms with E-state index >= 15 is 0 Å². The molecule has 0 aliphatic rings. The van der Waals surface area contributed by atoms with E-state index in [1.807, 2.05) is 13.8 Å². The minimum absolute atomic E-state index is 0.160. The van der Waals surface area contributed by atoms with Gasteiger partial charge in [-0.2, -0.15) is 4.98 Å². The summed E-state index contributed by atoms with van der Waals surface area (Å²) in [6.45, 7) is 5.90. The van der Waals surface area contributed by atoms with Crippen molar-refractivity contribution in [1.29, 1.82) is 0 Å².